The van der Waals surface area contributed by atoms with Crippen LogP contribution < -0.4 is 5.32 Å². The van der Waals surface area contributed by atoms with Gasteiger partial charge in [-0.05, 0) is 54.1 Å². The first-order chi connectivity index (χ1) is 14.9. The molecule has 0 saturated carbocycles. The number of carboxylic acids is 1. The van der Waals surface area contributed by atoms with Gasteiger partial charge < -0.3 is 15.0 Å². The van der Waals surface area contributed by atoms with Crippen LogP contribution in [0.4, 0.5) is 10.1 Å². The van der Waals surface area contributed by atoms with Crippen molar-refractivity contribution < 1.29 is 23.9 Å². The normalized spacial score (nSPS) is 10.7. The Labute approximate surface area is 175 Å². The zero-order valence-electron chi connectivity index (χ0n) is 16.1. The van der Waals surface area contributed by atoms with Crippen molar-refractivity contribution in [1.82, 2.24) is 9.55 Å². The number of aromatic carboxylic acids is 1. The lowest BCUT2D eigenvalue weighted by molar-refractivity contribution is -0.112. The van der Waals surface area contributed by atoms with E-state index in [0.29, 0.717) is 23.3 Å². The van der Waals surface area contributed by atoms with Crippen molar-refractivity contribution in [2.24, 2.45) is 0 Å². The van der Waals surface area contributed by atoms with Gasteiger partial charge in [-0.15, -0.1) is 0 Å². The van der Waals surface area contributed by atoms with Gasteiger partial charge in [0.05, 0.1) is 11.1 Å². The van der Waals surface area contributed by atoms with Gasteiger partial charge in [-0.2, -0.15) is 0 Å². The fourth-order valence-corrected chi connectivity index (χ4v) is 3.22. The van der Waals surface area contributed by atoms with Crippen molar-refractivity contribution >= 4 is 34.4 Å². The van der Waals surface area contributed by atoms with Crippen molar-refractivity contribution in [3.05, 3.63) is 95.6 Å². The topological polar surface area (TPSA) is 101 Å². The van der Waals surface area contributed by atoms with E-state index in [1.165, 1.54) is 36.4 Å². The van der Waals surface area contributed by atoms with Crippen LogP contribution in [-0.2, 0) is 11.3 Å². The number of halogens is 1. The van der Waals surface area contributed by atoms with Crippen LogP contribution in [0.5, 0.6) is 0 Å². The molecule has 0 aliphatic heterocycles. The summed E-state index contributed by atoms with van der Waals surface area (Å²) in [5, 5.41) is 12.0. The van der Waals surface area contributed by atoms with E-state index >= 15 is 0 Å². The van der Waals surface area contributed by atoms with Gasteiger partial charge in [-0.25, -0.2) is 14.2 Å². The highest BCUT2D eigenvalue weighted by atomic mass is 19.1. The van der Waals surface area contributed by atoms with Crippen LogP contribution in [0.2, 0.25) is 0 Å². The summed E-state index contributed by atoms with van der Waals surface area (Å²) in [6.45, 7) is 0.347. The van der Waals surface area contributed by atoms with Crippen LogP contribution in [0.3, 0.4) is 0 Å². The molecule has 0 bridgehead atoms. The average Bonchev–Trinajstić information content (AvgIpc) is 3.13. The summed E-state index contributed by atoms with van der Waals surface area (Å²) < 4.78 is 14.9. The molecule has 2 N–H and O–H groups in total. The lowest BCUT2D eigenvalue weighted by Crippen LogP contribution is -2.22. The average molecular weight is 417 g/mol. The molecule has 1 amide bonds. The van der Waals surface area contributed by atoms with Gasteiger partial charge in [0, 0.05) is 30.0 Å². The first-order valence-corrected chi connectivity index (χ1v) is 9.30. The maximum Gasteiger partial charge on any atom is 0.335 e. The minimum absolute atomic E-state index is 0.0688. The maximum atomic E-state index is 13.2. The predicted molar refractivity (Wildman–Crippen MR) is 112 cm³/mol. The number of fused-ring (bicyclic) bond motifs is 1. The Hall–Kier alpha value is -4.33. The van der Waals surface area contributed by atoms with Gasteiger partial charge in [0.2, 0.25) is 0 Å². The van der Waals surface area contributed by atoms with E-state index in [4.69, 9.17) is 5.11 Å². The van der Waals surface area contributed by atoms with E-state index in [-0.39, 0.29) is 16.9 Å². The number of nitrogens with zero attached hydrogens (tertiary/aromatic N) is 2. The van der Waals surface area contributed by atoms with Crippen molar-refractivity contribution in [3.63, 3.8) is 0 Å². The highest BCUT2D eigenvalue weighted by Crippen LogP contribution is 2.22. The van der Waals surface area contributed by atoms with E-state index in [2.05, 4.69) is 10.3 Å². The SMILES string of the molecule is O=C(Nc1ccc(C(=O)O)cc1)C(=O)c1cn(Cc2ccc(F)cc2)c2ncccc12. The maximum absolute atomic E-state index is 13.2. The Bertz CT molecular complexity index is 1290. The van der Waals surface area contributed by atoms with Gasteiger partial charge in [-0.3, -0.25) is 9.59 Å². The molecule has 4 aromatic rings. The molecule has 0 aliphatic rings. The Balaban J connectivity index is 1.60. The molecule has 0 radical (unpaired) electrons. The fourth-order valence-electron chi connectivity index (χ4n) is 3.22. The fraction of sp³-hybridized carbons (Fsp3) is 0.0435. The zero-order valence-corrected chi connectivity index (χ0v) is 16.1. The quantitative estimate of drug-likeness (QED) is 0.368. The van der Waals surface area contributed by atoms with Gasteiger partial charge in [0.25, 0.3) is 11.7 Å². The molecule has 8 heteroatoms. The standard InChI is InChI=1S/C23H16FN3O4/c24-16-7-3-14(4-8-16)12-27-13-19(18-2-1-11-25-21(18)27)20(28)22(29)26-17-9-5-15(6-10-17)23(30)31/h1-11,13H,12H2,(H,26,29)(H,30,31). The summed E-state index contributed by atoms with van der Waals surface area (Å²) in [6, 6.07) is 14.8. The molecular weight excluding hydrogens is 401 g/mol. The van der Waals surface area contributed by atoms with Crippen molar-refractivity contribution in [3.8, 4) is 0 Å². The third kappa shape index (κ3) is 4.18. The summed E-state index contributed by atoms with van der Waals surface area (Å²) in [6.07, 6.45) is 3.14. The Kier molecular flexibility index (Phi) is 5.28. The number of hydrogen-bond donors (Lipinski definition) is 2. The minimum Gasteiger partial charge on any atom is -0.478 e. The van der Waals surface area contributed by atoms with E-state index in [1.54, 1.807) is 41.2 Å². The second-order valence-electron chi connectivity index (χ2n) is 6.84. The molecule has 154 valence electrons. The number of benzene rings is 2. The number of rotatable bonds is 6. The predicted octanol–water partition coefficient (Wildman–Crippen LogP) is 3.74. The van der Waals surface area contributed by atoms with Gasteiger partial charge in [-0.1, -0.05) is 12.1 Å². The van der Waals surface area contributed by atoms with Crippen LogP contribution in [0, 0.1) is 5.82 Å². The summed E-state index contributed by atoms with van der Waals surface area (Å²) in [4.78, 5) is 40.6. The lowest BCUT2D eigenvalue weighted by atomic mass is 10.1. The van der Waals surface area contributed by atoms with E-state index in [0.717, 1.165) is 5.56 Å². The van der Waals surface area contributed by atoms with Crippen LogP contribution >= 0.6 is 0 Å². The molecule has 0 spiro atoms. The molecule has 4 rings (SSSR count). The molecule has 0 saturated heterocycles. The monoisotopic (exact) mass is 417 g/mol. The molecule has 0 unspecified atom stereocenters. The molecule has 31 heavy (non-hydrogen) atoms. The number of hydrogen-bond acceptors (Lipinski definition) is 4. The minimum atomic E-state index is -1.09. The van der Waals surface area contributed by atoms with Crippen LogP contribution in [0.25, 0.3) is 11.0 Å². The van der Waals surface area contributed by atoms with Gasteiger partial charge in [0.15, 0.2) is 0 Å². The van der Waals surface area contributed by atoms with Crippen molar-refractivity contribution in [2.45, 2.75) is 6.54 Å². The summed E-state index contributed by atoms with van der Waals surface area (Å²) in [5.41, 5.74) is 1.89. The molecule has 2 aromatic heterocycles. The Morgan fingerprint density at radius 2 is 1.71 bits per heavy atom. The van der Waals surface area contributed by atoms with Crippen LogP contribution in [0.1, 0.15) is 26.3 Å². The highest BCUT2D eigenvalue weighted by molar-refractivity contribution is 6.48. The van der Waals surface area contributed by atoms with Crippen LogP contribution in [-0.4, -0.2) is 32.3 Å². The van der Waals surface area contributed by atoms with Crippen molar-refractivity contribution in [1.29, 1.82) is 0 Å². The van der Waals surface area contributed by atoms with E-state index < -0.39 is 17.7 Å². The lowest BCUT2D eigenvalue weighted by Gasteiger charge is -2.05. The summed E-state index contributed by atoms with van der Waals surface area (Å²) >= 11 is 0. The number of aromatic nitrogens is 2. The second-order valence-corrected chi connectivity index (χ2v) is 6.84. The second kappa shape index (κ2) is 8.19. The summed E-state index contributed by atoms with van der Waals surface area (Å²) in [5.74, 6) is -3.04. The third-order valence-corrected chi connectivity index (χ3v) is 4.74. The van der Waals surface area contributed by atoms with Crippen LogP contribution in [0.15, 0.2) is 73.1 Å². The number of nitrogens with one attached hydrogen (secondary N) is 1. The van der Waals surface area contributed by atoms with Gasteiger partial charge in [0.1, 0.15) is 11.5 Å². The molecule has 2 aromatic carbocycles. The number of pyridine rings is 1. The number of carboxylic acid groups (broad SMARTS) is 1. The van der Waals surface area contributed by atoms with E-state index in [9.17, 15) is 18.8 Å². The zero-order chi connectivity index (χ0) is 22.0. The van der Waals surface area contributed by atoms with Crippen molar-refractivity contribution in [2.75, 3.05) is 5.32 Å². The highest BCUT2D eigenvalue weighted by Gasteiger charge is 2.22. The number of carbonyl (C=O) groups is 3. The largest absolute Gasteiger partial charge is 0.478 e. The third-order valence-electron chi connectivity index (χ3n) is 4.74. The first-order valence-electron chi connectivity index (χ1n) is 9.30. The molecule has 7 nitrogen and oxygen atoms in total. The number of carbonyl (C=O) groups excluding carboxylic acids is 2. The van der Waals surface area contributed by atoms with Gasteiger partial charge >= 0.3 is 5.97 Å². The number of amides is 1. The number of ketones is 1. The first kappa shape index (κ1) is 20.0. The molecule has 0 atom stereocenters. The Morgan fingerprint density at radius 3 is 2.39 bits per heavy atom. The molecule has 2 heterocycles. The number of anilines is 1. The Morgan fingerprint density at radius 1 is 1.00 bits per heavy atom. The molecule has 0 aliphatic carbocycles. The smallest absolute Gasteiger partial charge is 0.335 e. The summed E-state index contributed by atoms with van der Waals surface area (Å²) in [7, 11) is 0. The number of Topliss-reactive ketones (excluding diaryl/α,β-unsaturated/α-hetero) is 1. The van der Waals surface area contributed by atoms with E-state index in [1.807, 2.05) is 0 Å². The molecule has 0 fully saturated rings. The molecular formula is C23H16FN3O4.